The monoisotopic (exact) mass is 220 g/mol. The Morgan fingerprint density at radius 1 is 1.56 bits per heavy atom. The number of nitrogen functional groups attached to an aromatic ring is 1. The number of hydrogen-bond acceptors (Lipinski definition) is 4. The number of pyridine rings is 1. The van der Waals surface area contributed by atoms with Gasteiger partial charge in [0.1, 0.15) is 11.6 Å². The van der Waals surface area contributed by atoms with Crippen molar-refractivity contribution in [2.24, 2.45) is 0 Å². The summed E-state index contributed by atoms with van der Waals surface area (Å²) >= 11 is 0. The molecule has 1 saturated heterocycles. The second kappa shape index (κ2) is 5.16. The van der Waals surface area contributed by atoms with Gasteiger partial charge in [0.25, 0.3) is 0 Å². The SMILES string of the molecule is CCN1CCCC1CNc1cccc(N)n1. The van der Waals surface area contributed by atoms with Crippen molar-refractivity contribution >= 4 is 11.6 Å². The van der Waals surface area contributed by atoms with Crippen LogP contribution in [0.1, 0.15) is 19.8 Å². The molecule has 1 aliphatic heterocycles. The summed E-state index contributed by atoms with van der Waals surface area (Å²) < 4.78 is 0. The molecule has 1 aromatic rings. The summed E-state index contributed by atoms with van der Waals surface area (Å²) in [5.74, 6) is 1.45. The van der Waals surface area contributed by atoms with Crippen LogP contribution in [-0.2, 0) is 0 Å². The zero-order valence-electron chi connectivity index (χ0n) is 9.82. The largest absolute Gasteiger partial charge is 0.384 e. The molecule has 4 nitrogen and oxygen atoms in total. The standard InChI is InChI=1S/C12H20N4/c1-2-16-8-4-5-10(16)9-14-12-7-3-6-11(13)15-12/h3,6-7,10H,2,4-5,8-9H2,1H3,(H3,13,14,15). The molecule has 0 saturated carbocycles. The number of nitrogens with two attached hydrogens (primary N) is 1. The zero-order chi connectivity index (χ0) is 11.4. The van der Waals surface area contributed by atoms with Crippen molar-refractivity contribution in [1.82, 2.24) is 9.88 Å². The third-order valence-electron chi connectivity index (χ3n) is 3.19. The van der Waals surface area contributed by atoms with Crippen LogP contribution in [0.5, 0.6) is 0 Å². The fourth-order valence-corrected chi connectivity index (χ4v) is 2.31. The first-order chi connectivity index (χ1) is 7.79. The van der Waals surface area contributed by atoms with Crippen LogP contribution in [0, 0.1) is 0 Å². The van der Waals surface area contributed by atoms with Crippen LogP contribution in [0.15, 0.2) is 18.2 Å². The highest BCUT2D eigenvalue weighted by atomic mass is 15.2. The van der Waals surface area contributed by atoms with Crippen molar-refractivity contribution in [3.05, 3.63) is 18.2 Å². The Bertz CT molecular complexity index is 340. The molecule has 16 heavy (non-hydrogen) atoms. The normalized spacial score (nSPS) is 21.2. The molecule has 1 fully saturated rings. The van der Waals surface area contributed by atoms with E-state index in [1.807, 2.05) is 12.1 Å². The highest BCUT2D eigenvalue weighted by molar-refractivity contribution is 5.42. The number of likely N-dealkylation sites (tertiary alicyclic amines) is 1. The number of likely N-dealkylation sites (N-methyl/N-ethyl adjacent to an activating group) is 1. The predicted octanol–water partition coefficient (Wildman–Crippen LogP) is 1.56. The Hall–Kier alpha value is -1.29. The van der Waals surface area contributed by atoms with Crippen molar-refractivity contribution in [1.29, 1.82) is 0 Å². The zero-order valence-corrected chi connectivity index (χ0v) is 9.82. The number of nitrogens with zero attached hydrogens (tertiary/aromatic N) is 2. The summed E-state index contributed by atoms with van der Waals surface area (Å²) in [6.45, 7) is 5.55. The molecule has 2 heterocycles. The van der Waals surface area contributed by atoms with Crippen molar-refractivity contribution in [3.63, 3.8) is 0 Å². The number of rotatable bonds is 4. The van der Waals surface area contributed by atoms with Crippen molar-refractivity contribution < 1.29 is 0 Å². The minimum atomic E-state index is 0.573. The Morgan fingerprint density at radius 2 is 2.44 bits per heavy atom. The molecule has 3 N–H and O–H groups in total. The topological polar surface area (TPSA) is 54.2 Å². The van der Waals surface area contributed by atoms with E-state index in [2.05, 4.69) is 22.1 Å². The van der Waals surface area contributed by atoms with E-state index < -0.39 is 0 Å². The van der Waals surface area contributed by atoms with Gasteiger partial charge >= 0.3 is 0 Å². The van der Waals surface area contributed by atoms with E-state index in [0.29, 0.717) is 11.9 Å². The van der Waals surface area contributed by atoms with Crippen molar-refractivity contribution in [2.45, 2.75) is 25.8 Å². The van der Waals surface area contributed by atoms with Crippen LogP contribution in [0.2, 0.25) is 0 Å². The van der Waals surface area contributed by atoms with Crippen LogP contribution in [0.25, 0.3) is 0 Å². The number of hydrogen-bond donors (Lipinski definition) is 2. The molecule has 2 rings (SSSR count). The lowest BCUT2D eigenvalue weighted by molar-refractivity contribution is 0.277. The maximum absolute atomic E-state index is 5.63. The molecule has 0 aliphatic carbocycles. The molecule has 1 unspecified atom stereocenters. The maximum Gasteiger partial charge on any atom is 0.128 e. The molecule has 1 atom stereocenters. The number of anilines is 2. The van der Waals surface area contributed by atoms with Crippen LogP contribution >= 0.6 is 0 Å². The summed E-state index contributed by atoms with van der Waals surface area (Å²) in [5, 5.41) is 3.36. The van der Waals surface area contributed by atoms with Crippen LogP contribution in [0.4, 0.5) is 11.6 Å². The van der Waals surface area contributed by atoms with E-state index in [-0.39, 0.29) is 0 Å². The molecule has 1 aromatic heterocycles. The van der Waals surface area contributed by atoms with E-state index in [1.165, 1.54) is 19.4 Å². The van der Waals surface area contributed by atoms with E-state index in [9.17, 15) is 0 Å². The third-order valence-corrected chi connectivity index (χ3v) is 3.19. The van der Waals surface area contributed by atoms with Crippen LogP contribution in [0.3, 0.4) is 0 Å². The third kappa shape index (κ3) is 2.64. The lowest BCUT2D eigenvalue weighted by Crippen LogP contribution is -2.34. The van der Waals surface area contributed by atoms with Gasteiger partial charge in [-0.3, -0.25) is 4.90 Å². The molecule has 1 aliphatic rings. The van der Waals surface area contributed by atoms with Crippen molar-refractivity contribution in [2.75, 3.05) is 30.7 Å². The average molecular weight is 220 g/mol. The highest BCUT2D eigenvalue weighted by Crippen LogP contribution is 2.17. The number of nitrogens with one attached hydrogen (secondary N) is 1. The van der Waals surface area contributed by atoms with Gasteiger partial charge in [-0.2, -0.15) is 0 Å². The van der Waals surface area contributed by atoms with Gasteiger partial charge in [-0.05, 0) is 38.1 Å². The molecular formula is C12H20N4. The summed E-state index contributed by atoms with van der Waals surface area (Å²) in [5.41, 5.74) is 5.63. The highest BCUT2D eigenvalue weighted by Gasteiger charge is 2.22. The van der Waals surface area contributed by atoms with E-state index in [4.69, 9.17) is 5.73 Å². The van der Waals surface area contributed by atoms with Gasteiger partial charge in [-0.25, -0.2) is 4.98 Å². The quantitative estimate of drug-likeness (QED) is 0.808. The second-order valence-corrected chi connectivity index (χ2v) is 4.25. The van der Waals surface area contributed by atoms with Crippen LogP contribution in [-0.4, -0.2) is 35.6 Å². The molecule has 0 aromatic carbocycles. The summed E-state index contributed by atoms with van der Waals surface area (Å²) in [4.78, 5) is 6.75. The smallest absolute Gasteiger partial charge is 0.128 e. The lowest BCUT2D eigenvalue weighted by atomic mass is 10.2. The molecule has 88 valence electrons. The fraction of sp³-hybridized carbons (Fsp3) is 0.583. The van der Waals surface area contributed by atoms with Gasteiger partial charge in [0.05, 0.1) is 0 Å². The first kappa shape index (κ1) is 11.2. The van der Waals surface area contributed by atoms with E-state index in [0.717, 1.165) is 18.9 Å². The van der Waals surface area contributed by atoms with E-state index >= 15 is 0 Å². The second-order valence-electron chi connectivity index (χ2n) is 4.25. The molecule has 0 amide bonds. The Labute approximate surface area is 96.8 Å². The van der Waals surface area contributed by atoms with Gasteiger partial charge < -0.3 is 11.1 Å². The Kier molecular flexibility index (Phi) is 3.62. The first-order valence-electron chi connectivity index (χ1n) is 6.00. The summed E-state index contributed by atoms with van der Waals surface area (Å²) in [6, 6.07) is 6.34. The van der Waals surface area contributed by atoms with E-state index in [1.54, 1.807) is 6.07 Å². The molecule has 0 bridgehead atoms. The lowest BCUT2D eigenvalue weighted by Gasteiger charge is -2.23. The Balaban J connectivity index is 1.87. The Morgan fingerprint density at radius 3 is 3.19 bits per heavy atom. The van der Waals surface area contributed by atoms with Crippen LogP contribution < -0.4 is 11.1 Å². The fourth-order valence-electron chi connectivity index (χ4n) is 2.31. The predicted molar refractivity (Wildman–Crippen MR) is 67.4 cm³/mol. The van der Waals surface area contributed by atoms with Gasteiger partial charge in [-0.15, -0.1) is 0 Å². The summed E-state index contributed by atoms with van der Waals surface area (Å²) in [7, 11) is 0. The first-order valence-corrected chi connectivity index (χ1v) is 6.00. The average Bonchev–Trinajstić information content (AvgIpc) is 2.74. The molecule has 4 heteroatoms. The maximum atomic E-state index is 5.63. The van der Waals surface area contributed by atoms with Gasteiger partial charge in [-0.1, -0.05) is 13.0 Å². The summed E-state index contributed by atoms with van der Waals surface area (Å²) in [6.07, 6.45) is 2.59. The van der Waals surface area contributed by atoms with Crippen molar-refractivity contribution in [3.8, 4) is 0 Å². The molecule has 0 radical (unpaired) electrons. The van der Waals surface area contributed by atoms with Gasteiger partial charge in [0.2, 0.25) is 0 Å². The minimum absolute atomic E-state index is 0.573. The van der Waals surface area contributed by atoms with Gasteiger partial charge in [0, 0.05) is 12.6 Å². The minimum Gasteiger partial charge on any atom is -0.384 e. The molecular weight excluding hydrogens is 200 g/mol. The van der Waals surface area contributed by atoms with Gasteiger partial charge in [0.15, 0.2) is 0 Å². The molecule has 0 spiro atoms. The number of aromatic nitrogens is 1.